The zero-order chi connectivity index (χ0) is 21.5. The van der Waals surface area contributed by atoms with Gasteiger partial charge in [0.25, 0.3) is 0 Å². The van der Waals surface area contributed by atoms with Crippen molar-refractivity contribution < 1.29 is 9.59 Å². The molecule has 0 aliphatic carbocycles. The third kappa shape index (κ3) is 5.68. The zero-order valence-electron chi connectivity index (χ0n) is 17.0. The first kappa shape index (κ1) is 21.5. The molecule has 0 heterocycles. The molecule has 1 N–H and O–H groups in total. The van der Waals surface area contributed by atoms with Crippen LogP contribution in [0.2, 0.25) is 5.02 Å². The summed E-state index contributed by atoms with van der Waals surface area (Å²) in [6, 6.07) is 24.0. The average Bonchev–Trinajstić information content (AvgIpc) is 2.74. The van der Waals surface area contributed by atoms with Crippen molar-refractivity contribution in [3.63, 3.8) is 0 Å². The van der Waals surface area contributed by atoms with Crippen LogP contribution in [0, 0.1) is 5.92 Å². The number of rotatable bonds is 7. The first-order valence-corrected chi connectivity index (χ1v) is 10.3. The van der Waals surface area contributed by atoms with Gasteiger partial charge < -0.3 is 5.32 Å². The number of amides is 1. The summed E-state index contributed by atoms with van der Waals surface area (Å²) < 4.78 is 0. The molecule has 1 amide bonds. The third-order valence-electron chi connectivity index (χ3n) is 4.84. The predicted octanol–water partition coefficient (Wildman–Crippen LogP) is 6.61. The smallest absolute Gasteiger partial charge is 0.232 e. The Bertz CT molecular complexity index is 1020. The van der Waals surface area contributed by atoms with Crippen LogP contribution in [-0.4, -0.2) is 11.7 Å². The van der Waals surface area contributed by atoms with Crippen LogP contribution in [0.3, 0.4) is 0 Å². The Balaban J connectivity index is 1.68. The number of allylic oxidation sites excluding steroid dienone is 1. The maximum Gasteiger partial charge on any atom is 0.232 e. The Morgan fingerprint density at radius 2 is 1.50 bits per heavy atom. The van der Waals surface area contributed by atoms with Crippen LogP contribution in [0.15, 0.2) is 84.9 Å². The number of nitrogens with one attached hydrogen (secondary N) is 1. The number of carbonyl (C=O) groups excluding carboxylic acids is 2. The molecule has 0 aliphatic heterocycles. The molecular weight excluding hydrogens is 394 g/mol. The fraction of sp³-hybridized carbons (Fsp3) is 0.154. The van der Waals surface area contributed by atoms with E-state index in [9.17, 15) is 9.59 Å². The van der Waals surface area contributed by atoms with Gasteiger partial charge in [-0.2, -0.15) is 0 Å². The number of hydrogen-bond donors (Lipinski definition) is 1. The van der Waals surface area contributed by atoms with E-state index in [0.29, 0.717) is 16.3 Å². The zero-order valence-corrected chi connectivity index (χ0v) is 17.8. The fourth-order valence-electron chi connectivity index (χ4n) is 3.28. The molecule has 3 aromatic rings. The molecular formula is C26H24ClNO2. The molecule has 3 nitrogen and oxygen atoms in total. The Morgan fingerprint density at radius 3 is 2.10 bits per heavy atom. The van der Waals surface area contributed by atoms with E-state index in [4.69, 9.17) is 11.6 Å². The standard InChI is InChI=1S/C26H24ClNO2/c1-18(2)25(21-9-13-22(27)14-10-21)26(30)28-23-15-11-20(12-16-23)24(29)17-8-19-6-4-3-5-7-19/h3-18,25H,1-2H3,(H,28,30). The topological polar surface area (TPSA) is 46.2 Å². The molecule has 0 spiro atoms. The Hall–Kier alpha value is -3.17. The lowest BCUT2D eigenvalue weighted by Crippen LogP contribution is -2.25. The third-order valence-corrected chi connectivity index (χ3v) is 5.09. The largest absolute Gasteiger partial charge is 0.326 e. The van der Waals surface area contributed by atoms with Crippen LogP contribution in [0.1, 0.15) is 41.3 Å². The van der Waals surface area contributed by atoms with Gasteiger partial charge in [-0.15, -0.1) is 0 Å². The summed E-state index contributed by atoms with van der Waals surface area (Å²) in [5.41, 5.74) is 3.11. The van der Waals surface area contributed by atoms with Gasteiger partial charge >= 0.3 is 0 Å². The lowest BCUT2D eigenvalue weighted by Gasteiger charge is -2.21. The summed E-state index contributed by atoms with van der Waals surface area (Å²) >= 11 is 5.97. The molecule has 0 saturated heterocycles. The van der Waals surface area contributed by atoms with E-state index in [1.165, 1.54) is 0 Å². The summed E-state index contributed by atoms with van der Waals surface area (Å²) in [6.45, 7) is 4.03. The van der Waals surface area contributed by atoms with Crippen molar-refractivity contribution in [2.75, 3.05) is 5.32 Å². The Kier molecular flexibility index (Phi) is 7.21. The maximum absolute atomic E-state index is 12.9. The van der Waals surface area contributed by atoms with Gasteiger partial charge in [0.2, 0.25) is 5.91 Å². The van der Waals surface area contributed by atoms with E-state index in [1.54, 1.807) is 48.6 Å². The van der Waals surface area contributed by atoms with E-state index in [1.807, 2.05) is 56.3 Å². The second kappa shape index (κ2) is 10.0. The Morgan fingerprint density at radius 1 is 0.867 bits per heavy atom. The predicted molar refractivity (Wildman–Crippen MR) is 124 cm³/mol. The highest BCUT2D eigenvalue weighted by atomic mass is 35.5. The summed E-state index contributed by atoms with van der Waals surface area (Å²) in [7, 11) is 0. The molecule has 3 rings (SSSR count). The molecule has 1 unspecified atom stereocenters. The molecule has 0 bridgehead atoms. The van der Waals surface area contributed by atoms with Gasteiger partial charge in [0.05, 0.1) is 5.92 Å². The molecule has 0 aliphatic rings. The number of ketones is 1. The molecule has 4 heteroatoms. The second-order valence-corrected chi connectivity index (χ2v) is 7.88. The van der Waals surface area contributed by atoms with Crippen molar-refractivity contribution in [2.24, 2.45) is 5.92 Å². The van der Waals surface area contributed by atoms with E-state index in [-0.39, 0.29) is 23.5 Å². The van der Waals surface area contributed by atoms with Gasteiger partial charge in [0.15, 0.2) is 5.78 Å². The van der Waals surface area contributed by atoms with Gasteiger partial charge in [0, 0.05) is 16.3 Å². The summed E-state index contributed by atoms with van der Waals surface area (Å²) in [5, 5.41) is 3.60. The molecule has 0 saturated carbocycles. The molecule has 3 aromatic carbocycles. The summed E-state index contributed by atoms with van der Waals surface area (Å²) in [4.78, 5) is 25.3. The summed E-state index contributed by atoms with van der Waals surface area (Å²) in [6.07, 6.45) is 3.34. The maximum atomic E-state index is 12.9. The van der Waals surface area contributed by atoms with Crippen molar-refractivity contribution in [3.8, 4) is 0 Å². The lowest BCUT2D eigenvalue weighted by atomic mass is 9.87. The van der Waals surface area contributed by atoms with E-state index < -0.39 is 0 Å². The first-order valence-electron chi connectivity index (χ1n) is 9.88. The van der Waals surface area contributed by atoms with Gasteiger partial charge in [-0.05, 0) is 59.5 Å². The monoisotopic (exact) mass is 417 g/mol. The SMILES string of the molecule is CC(C)C(C(=O)Nc1ccc(C(=O)C=Cc2ccccc2)cc1)c1ccc(Cl)cc1. The van der Waals surface area contributed by atoms with Crippen LogP contribution in [0.4, 0.5) is 5.69 Å². The van der Waals surface area contributed by atoms with E-state index in [0.717, 1.165) is 11.1 Å². The highest BCUT2D eigenvalue weighted by Gasteiger charge is 2.24. The molecule has 30 heavy (non-hydrogen) atoms. The quantitative estimate of drug-likeness (QED) is 0.347. The van der Waals surface area contributed by atoms with Crippen LogP contribution in [0.25, 0.3) is 6.08 Å². The van der Waals surface area contributed by atoms with Crippen molar-refractivity contribution in [1.82, 2.24) is 0 Å². The Labute approximate surface area is 182 Å². The minimum atomic E-state index is -0.294. The number of hydrogen-bond acceptors (Lipinski definition) is 2. The molecule has 152 valence electrons. The minimum absolute atomic E-state index is 0.0852. The minimum Gasteiger partial charge on any atom is -0.326 e. The molecule has 0 aromatic heterocycles. The van der Waals surface area contributed by atoms with Crippen LogP contribution < -0.4 is 5.32 Å². The highest BCUT2D eigenvalue weighted by Crippen LogP contribution is 2.27. The normalized spacial score (nSPS) is 12.1. The van der Waals surface area contributed by atoms with Crippen molar-refractivity contribution in [3.05, 3.63) is 107 Å². The average molecular weight is 418 g/mol. The molecule has 0 radical (unpaired) electrons. The van der Waals surface area contributed by atoms with Gasteiger partial charge in [0.1, 0.15) is 0 Å². The van der Waals surface area contributed by atoms with Crippen LogP contribution in [0.5, 0.6) is 0 Å². The van der Waals surface area contributed by atoms with Crippen LogP contribution >= 0.6 is 11.6 Å². The van der Waals surface area contributed by atoms with E-state index >= 15 is 0 Å². The molecule has 1 atom stereocenters. The molecule has 0 fully saturated rings. The van der Waals surface area contributed by atoms with Gasteiger partial charge in [-0.3, -0.25) is 9.59 Å². The summed E-state index contributed by atoms with van der Waals surface area (Å²) in [5.74, 6) is -0.346. The van der Waals surface area contributed by atoms with Gasteiger partial charge in [-0.1, -0.05) is 74.0 Å². The number of carbonyl (C=O) groups is 2. The van der Waals surface area contributed by atoms with Crippen LogP contribution in [-0.2, 0) is 4.79 Å². The highest BCUT2D eigenvalue weighted by molar-refractivity contribution is 6.30. The van der Waals surface area contributed by atoms with Crippen molar-refractivity contribution >= 4 is 35.1 Å². The number of benzene rings is 3. The number of halogens is 1. The lowest BCUT2D eigenvalue weighted by molar-refractivity contribution is -0.118. The first-order chi connectivity index (χ1) is 14.4. The van der Waals surface area contributed by atoms with E-state index in [2.05, 4.69) is 5.32 Å². The van der Waals surface area contributed by atoms with Gasteiger partial charge in [-0.25, -0.2) is 0 Å². The fourth-order valence-corrected chi connectivity index (χ4v) is 3.41. The number of anilines is 1. The second-order valence-electron chi connectivity index (χ2n) is 7.45. The van der Waals surface area contributed by atoms with Crippen molar-refractivity contribution in [1.29, 1.82) is 0 Å². The van der Waals surface area contributed by atoms with Crippen molar-refractivity contribution in [2.45, 2.75) is 19.8 Å².